The monoisotopic (exact) mass is 239 g/mol. The molecule has 1 N–H and O–H groups in total. The van der Waals surface area contributed by atoms with Crippen LogP contribution in [-0.2, 0) is 4.74 Å². The lowest BCUT2D eigenvalue weighted by Crippen LogP contribution is -2.42. The number of rotatable bonds is 3. The fourth-order valence-corrected chi connectivity index (χ4v) is 3.92. The van der Waals surface area contributed by atoms with Crippen molar-refractivity contribution in [2.45, 2.75) is 63.6 Å². The van der Waals surface area contributed by atoms with Crippen molar-refractivity contribution in [3.05, 3.63) is 0 Å². The number of aliphatic hydroxyl groups excluding tert-OH is 1. The molecule has 3 rings (SSSR count). The summed E-state index contributed by atoms with van der Waals surface area (Å²) in [4.78, 5) is 2.47. The van der Waals surface area contributed by atoms with Crippen LogP contribution in [0, 0.1) is 5.41 Å². The molecule has 0 aromatic heterocycles. The summed E-state index contributed by atoms with van der Waals surface area (Å²) in [6.45, 7) is 4.61. The summed E-state index contributed by atoms with van der Waals surface area (Å²) in [5, 5.41) is 9.41. The first-order chi connectivity index (χ1) is 8.22. The van der Waals surface area contributed by atoms with Crippen LogP contribution in [0.1, 0.15) is 45.4 Å². The van der Waals surface area contributed by atoms with Crippen LogP contribution < -0.4 is 0 Å². The molecule has 17 heavy (non-hydrogen) atoms. The van der Waals surface area contributed by atoms with Crippen LogP contribution in [0.2, 0.25) is 0 Å². The van der Waals surface area contributed by atoms with E-state index in [1.54, 1.807) is 0 Å². The average Bonchev–Trinajstić information content (AvgIpc) is 2.85. The van der Waals surface area contributed by atoms with Crippen LogP contribution in [0.3, 0.4) is 0 Å². The van der Waals surface area contributed by atoms with E-state index in [0.29, 0.717) is 30.2 Å². The second-order valence-electron chi connectivity index (χ2n) is 6.45. The van der Waals surface area contributed by atoms with E-state index in [0.717, 1.165) is 19.6 Å². The van der Waals surface area contributed by atoms with Crippen molar-refractivity contribution in [2.75, 3.05) is 19.8 Å². The molecule has 0 radical (unpaired) electrons. The second-order valence-corrected chi connectivity index (χ2v) is 6.45. The third-order valence-electron chi connectivity index (χ3n) is 5.28. The van der Waals surface area contributed by atoms with Crippen LogP contribution in [0.15, 0.2) is 0 Å². The maximum absolute atomic E-state index is 9.41. The molecule has 0 amide bonds. The average molecular weight is 239 g/mol. The Morgan fingerprint density at radius 2 is 2.18 bits per heavy atom. The Balaban J connectivity index is 1.56. The predicted molar refractivity (Wildman–Crippen MR) is 66.9 cm³/mol. The molecular formula is C14H25NO2. The van der Waals surface area contributed by atoms with Gasteiger partial charge in [0.25, 0.3) is 0 Å². The summed E-state index contributed by atoms with van der Waals surface area (Å²) in [7, 11) is 0. The fraction of sp³-hybridized carbons (Fsp3) is 1.00. The second kappa shape index (κ2) is 4.52. The Morgan fingerprint density at radius 3 is 2.76 bits per heavy atom. The molecule has 0 aromatic carbocycles. The lowest BCUT2D eigenvalue weighted by Gasteiger charge is -2.37. The SMILES string of the molecule is C[C@@H]1CC[C@H](CO)N1CC1CC2(CCC2)CO1. The molecule has 3 atom stereocenters. The molecule has 3 heteroatoms. The zero-order chi connectivity index (χ0) is 11.9. The molecule has 1 saturated carbocycles. The number of aliphatic hydroxyl groups is 1. The highest BCUT2D eigenvalue weighted by Crippen LogP contribution is 2.49. The van der Waals surface area contributed by atoms with Gasteiger partial charge in [-0.15, -0.1) is 0 Å². The first-order valence-electron chi connectivity index (χ1n) is 7.21. The van der Waals surface area contributed by atoms with Gasteiger partial charge in [-0.25, -0.2) is 0 Å². The topological polar surface area (TPSA) is 32.7 Å². The Kier molecular flexibility index (Phi) is 3.18. The van der Waals surface area contributed by atoms with Gasteiger partial charge in [0.2, 0.25) is 0 Å². The molecule has 1 unspecified atom stereocenters. The van der Waals surface area contributed by atoms with E-state index in [1.165, 1.54) is 32.1 Å². The predicted octanol–water partition coefficient (Wildman–Crippen LogP) is 1.79. The number of hydrogen-bond acceptors (Lipinski definition) is 3. The van der Waals surface area contributed by atoms with Gasteiger partial charge in [0, 0.05) is 18.6 Å². The fourth-order valence-electron chi connectivity index (χ4n) is 3.92. The third-order valence-corrected chi connectivity index (χ3v) is 5.28. The highest BCUT2D eigenvalue weighted by molar-refractivity contribution is 4.96. The van der Waals surface area contributed by atoms with Crippen molar-refractivity contribution >= 4 is 0 Å². The van der Waals surface area contributed by atoms with E-state index in [-0.39, 0.29) is 0 Å². The first kappa shape index (κ1) is 11.9. The van der Waals surface area contributed by atoms with Crippen molar-refractivity contribution in [3.8, 4) is 0 Å². The summed E-state index contributed by atoms with van der Waals surface area (Å²) < 4.78 is 5.99. The van der Waals surface area contributed by atoms with Gasteiger partial charge in [0.1, 0.15) is 0 Å². The molecule has 2 heterocycles. The Hall–Kier alpha value is -0.120. The summed E-state index contributed by atoms with van der Waals surface area (Å²) in [6.07, 6.45) is 8.21. The standard InChI is InChI=1S/C14H25NO2/c1-11-3-4-12(9-16)15(11)8-13-7-14(10-17-13)5-2-6-14/h11-13,16H,2-10H2,1H3/t11-,12-,13?/m1/s1. The minimum absolute atomic E-state index is 0.308. The number of likely N-dealkylation sites (tertiary alicyclic amines) is 1. The Morgan fingerprint density at radius 1 is 1.35 bits per heavy atom. The van der Waals surface area contributed by atoms with Gasteiger partial charge >= 0.3 is 0 Å². The normalized spacial score (nSPS) is 40.9. The largest absolute Gasteiger partial charge is 0.395 e. The number of ether oxygens (including phenoxy) is 1. The first-order valence-corrected chi connectivity index (χ1v) is 7.21. The van der Waals surface area contributed by atoms with Crippen LogP contribution in [0.4, 0.5) is 0 Å². The maximum atomic E-state index is 9.41. The van der Waals surface area contributed by atoms with Crippen molar-refractivity contribution in [1.82, 2.24) is 4.90 Å². The summed E-state index contributed by atoms with van der Waals surface area (Å²) in [6, 6.07) is 1.00. The highest BCUT2D eigenvalue weighted by Gasteiger charge is 2.45. The molecule has 0 bridgehead atoms. The minimum Gasteiger partial charge on any atom is -0.395 e. The molecule has 3 aliphatic rings. The molecule has 2 aliphatic heterocycles. The Labute approximate surface area is 104 Å². The van der Waals surface area contributed by atoms with Crippen LogP contribution in [0.5, 0.6) is 0 Å². The molecule has 3 fully saturated rings. The summed E-state index contributed by atoms with van der Waals surface area (Å²) in [5.41, 5.74) is 0.558. The van der Waals surface area contributed by atoms with Crippen molar-refractivity contribution in [2.24, 2.45) is 5.41 Å². The van der Waals surface area contributed by atoms with Crippen LogP contribution >= 0.6 is 0 Å². The van der Waals surface area contributed by atoms with Gasteiger partial charge in [-0.2, -0.15) is 0 Å². The molecule has 0 aromatic rings. The molecular weight excluding hydrogens is 214 g/mol. The van der Waals surface area contributed by atoms with Crippen LogP contribution in [0.25, 0.3) is 0 Å². The molecule has 2 saturated heterocycles. The molecule has 1 aliphatic carbocycles. The zero-order valence-electron chi connectivity index (χ0n) is 10.9. The number of nitrogens with zero attached hydrogens (tertiary/aromatic N) is 1. The van der Waals surface area contributed by atoms with E-state index in [2.05, 4.69) is 11.8 Å². The van der Waals surface area contributed by atoms with Crippen molar-refractivity contribution in [1.29, 1.82) is 0 Å². The van der Waals surface area contributed by atoms with Gasteiger partial charge in [-0.3, -0.25) is 4.90 Å². The van der Waals surface area contributed by atoms with Gasteiger partial charge in [-0.05, 0) is 44.4 Å². The quantitative estimate of drug-likeness (QED) is 0.815. The summed E-state index contributed by atoms with van der Waals surface area (Å²) >= 11 is 0. The lowest BCUT2D eigenvalue weighted by molar-refractivity contribution is 0.0349. The van der Waals surface area contributed by atoms with E-state index in [9.17, 15) is 5.11 Å². The van der Waals surface area contributed by atoms with Gasteiger partial charge in [0.05, 0.1) is 19.3 Å². The lowest BCUT2D eigenvalue weighted by atomic mass is 9.67. The van der Waals surface area contributed by atoms with Crippen molar-refractivity contribution in [3.63, 3.8) is 0 Å². The molecule has 98 valence electrons. The number of hydrogen-bond donors (Lipinski definition) is 1. The molecule has 1 spiro atoms. The van der Waals surface area contributed by atoms with Crippen LogP contribution in [-0.4, -0.2) is 48.0 Å². The Bertz CT molecular complexity index is 277. The van der Waals surface area contributed by atoms with Gasteiger partial charge < -0.3 is 9.84 Å². The zero-order valence-corrected chi connectivity index (χ0v) is 10.9. The van der Waals surface area contributed by atoms with Gasteiger partial charge in [0.15, 0.2) is 0 Å². The minimum atomic E-state index is 0.308. The van der Waals surface area contributed by atoms with E-state index < -0.39 is 0 Å². The smallest absolute Gasteiger partial charge is 0.0708 e. The van der Waals surface area contributed by atoms with Crippen molar-refractivity contribution < 1.29 is 9.84 Å². The van der Waals surface area contributed by atoms with E-state index in [4.69, 9.17) is 4.74 Å². The van der Waals surface area contributed by atoms with E-state index in [1.807, 2.05) is 0 Å². The van der Waals surface area contributed by atoms with E-state index >= 15 is 0 Å². The molecule has 3 nitrogen and oxygen atoms in total. The third kappa shape index (κ3) is 2.13. The summed E-state index contributed by atoms with van der Waals surface area (Å²) in [5.74, 6) is 0. The highest BCUT2D eigenvalue weighted by atomic mass is 16.5. The van der Waals surface area contributed by atoms with Gasteiger partial charge in [-0.1, -0.05) is 6.42 Å². The maximum Gasteiger partial charge on any atom is 0.0708 e.